The lowest BCUT2D eigenvalue weighted by Gasteiger charge is -2.27. The first-order chi connectivity index (χ1) is 15.4. The molecule has 2 heterocycles. The minimum atomic E-state index is -0.106. The van der Waals surface area contributed by atoms with E-state index in [1.165, 1.54) is 0 Å². The topological polar surface area (TPSA) is 61.3 Å². The van der Waals surface area contributed by atoms with Crippen molar-refractivity contribution in [3.8, 4) is 0 Å². The van der Waals surface area contributed by atoms with Gasteiger partial charge in [-0.1, -0.05) is 36.4 Å². The van der Waals surface area contributed by atoms with E-state index >= 15 is 0 Å². The van der Waals surface area contributed by atoms with Gasteiger partial charge in [-0.3, -0.25) is 4.79 Å². The summed E-state index contributed by atoms with van der Waals surface area (Å²) < 4.78 is 5.56. The second-order valence-electron chi connectivity index (χ2n) is 8.18. The Kier molecular flexibility index (Phi) is 6.42. The molecule has 0 bridgehead atoms. The number of hydrogen-bond acceptors (Lipinski definition) is 3. The number of rotatable bonds is 6. The lowest BCUT2D eigenvalue weighted by Crippen LogP contribution is -2.41. The van der Waals surface area contributed by atoms with Gasteiger partial charge in [0.2, 0.25) is 0 Å². The van der Waals surface area contributed by atoms with Crippen LogP contribution in [0.1, 0.15) is 41.0 Å². The van der Waals surface area contributed by atoms with Crippen LogP contribution < -0.4 is 10.9 Å². The van der Waals surface area contributed by atoms with Gasteiger partial charge in [0.05, 0.1) is 25.4 Å². The fraction of sp³-hybridized carbons (Fsp3) is 0.231. The zero-order valence-corrected chi connectivity index (χ0v) is 19.3. The van der Waals surface area contributed by atoms with Crippen molar-refractivity contribution in [3.05, 3.63) is 105 Å². The first-order valence-electron chi connectivity index (χ1n) is 10.7. The molecule has 6 heteroatoms. The fourth-order valence-electron chi connectivity index (χ4n) is 3.93. The minimum absolute atomic E-state index is 0.0305. The number of H-pyrrole nitrogens is 1. The lowest BCUT2D eigenvalue weighted by atomic mass is 10.0. The zero-order chi connectivity index (χ0) is 22.7. The van der Waals surface area contributed by atoms with Crippen molar-refractivity contribution >= 4 is 28.2 Å². The molecule has 2 N–H and O–H groups in total. The molecule has 2 aromatic heterocycles. The fourth-order valence-corrected chi connectivity index (χ4v) is 4.24. The van der Waals surface area contributed by atoms with Crippen molar-refractivity contribution in [1.82, 2.24) is 15.2 Å². The van der Waals surface area contributed by atoms with Gasteiger partial charge in [0.15, 0.2) is 5.11 Å². The van der Waals surface area contributed by atoms with Crippen molar-refractivity contribution in [2.45, 2.75) is 39.9 Å². The van der Waals surface area contributed by atoms with Crippen LogP contribution in [0.2, 0.25) is 0 Å². The van der Waals surface area contributed by atoms with E-state index in [-0.39, 0.29) is 11.6 Å². The number of benzene rings is 2. The molecule has 1 unspecified atom stereocenters. The first kappa shape index (κ1) is 21.8. The van der Waals surface area contributed by atoms with E-state index in [1.54, 1.807) is 6.26 Å². The molecule has 4 aromatic rings. The maximum absolute atomic E-state index is 12.9. The molecule has 1 atom stereocenters. The Morgan fingerprint density at radius 3 is 2.59 bits per heavy atom. The number of thiocarbonyl (C=S) groups is 1. The van der Waals surface area contributed by atoms with Gasteiger partial charge in [0, 0.05) is 16.5 Å². The number of hydrogen-bond donors (Lipinski definition) is 2. The van der Waals surface area contributed by atoms with E-state index in [9.17, 15) is 4.79 Å². The number of aryl methyl sites for hydroxylation is 2. The maximum atomic E-state index is 12.9. The summed E-state index contributed by atoms with van der Waals surface area (Å²) in [5, 5.41) is 5.02. The first-order valence-corrected chi connectivity index (χ1v) is 11.1. The highest BCUT2D eigenvalue weighted by molar-refractivity contribution is 7.80. The summed E-state index contributed by atoms with van der Waals surface area (Å²) in [6.45, 7) is 6.99. The molecule has 0 spiro atoms. The number of aromatic amines is 1. The molecule has 32 heavy (non-hydrogen) atoms. The van der Waals surface area contributed by atoms with E-state index in [2.05, 4.69) is 42.3 Å². The molecule has 164 valence electrons. The smallest absolute Gasteiger partial charge is 0.253 e. The summed E-state index contributed by atoms with van der Waals surface area (Å²) >= 11 is 5.77. The second kappa shape index (κ2) is 9.40. The van der Waals surface area contributed by atoms with Crippen LogP contribution in [0, 0.1) is 13.8 Å². The van der Waals surface area contributed by atoms with Crippen molar-refractivity contribution in [1.29, 1.82) is 0 Å². The summed E-state index contributed by atoms with van der Waals surface area (Å²) in [6, 6.07) is 20.0. The quantitative estimate of drug-likeness (QED) is 0.391. The Morgan fingerprint density at radius 1 is 1.09 bits per heavy atom. The average Bonchev–Trinajstić information content (AvgIpc) is 3.27. The lowest BCUT2D eigenvalue weighted by molar-refractivity contribution is 0.347. The van der Waals surface area contributed by atoms with Crippen LogP contribution in [-0.4, -0.2) is 15.0 Å². The minimum Gasteiger partial charge on any atom is -0.467 e. The third-order valence-corrected chi connectivity index (χ3v) is 5.98. The van der Waals surface area contributed by atoms with Gasteiger partial charge >= 0.3 is 0 Å². The standard InChI is InChI=1S/C26H27N3O2S/c1-17-12-18(2)23-14-21(25(30)28-24(23)13-17)15-29(16-22-10-7-11-31-22)26(32)27-19(3)20-8-5-4-6-9-20/h4-14,19H,15-16H2,1-3H3,(H,27,32)(H,28,30). The molecule has 0 aliphatic carbocycles. The van der Waals surface area contributed by atoms with Gasteiger partial charge < -0.3 is 19.6 Å². The van der Waals surface area contributed by atoms with Crippen LogP contribution in [0.5, 0.6) is 0 Å². The predicted octanol–water partition coefficient (Wildman–Crippen LogP) is 5.38. The van der Waals surface area contributed by atoms with Crippen LogP contribution in [0.25, 0.3) is 10.9 Å². The highest BCUT2D eigenvalue weighted by Gasteiger charge is 2.18. The maximum Gasteiger partial charge on any atom is 0.253 e. The Labute approximate surface area is 193 Å². The van der Waals surface area contributed by atoms with Gasteiger partial charge in [-0.2, -0.15) is 0 Å². The van der Waals surface area contributed by atoms with Crippen molar-refractivity contribution in [2.24, 2.45) is 0 Å². The molecule has 0 aliphatic rings. The van der Waals surface area contributed by atoms with Crippen molar-refractivity contribution < 1.29 is 4.42 Å². The van der Waals surface area contributed by atoms with Crippen LogP contribution in [0.3, 0.4) is 0 Å². The van der Waals surface area contributed by atoms with Crippen LogP contribution in [-0.2, 0) is 13.1 Å². The zero-order valence-electron chi connectivity index (χ0n) is 18.5. The molecular weight excluding hydrogens is 418 g/mol. The number of nitrogens with zero attached hydrogens (tertiary/aromatic N) is 1. The van der Waals surface area contributed by atoms with E-state index in [1.807, 2.05) is 54.3 Å². The Balaban J connectivity index is 1.63. The molecule has 0 fully saturated rings. The average molecular weight is 446 g/mol. The van der Waals surface area contributed by atoms with E-state index in [4.69, 9.17) is 16.6 Å². The van der Waals surface area contributed by atoms with E-state index < -0.39 is 0 Å². The molecule has 0 saturated carbocycles. The summed E-state index contributed by atoms with van der Waals surface area (Å²) in [6.07, 6.45) is 1.64. The number of aromatic nitrogens is 1. The third kappa shape index (κ3) is 4.92. The molecule has 0 radical (unpaired) electrons. The van der Waals surface area contributed by atoms with Gasteiger partial charge in [0.1, 0.15) is 5.76 Å². The third-order valence-electron chi connectivity index (χ3n) is 5.60. The Bertz CT molecular complexity index is 1280. The van der Waals surface area contributed by atoms with Gasteiger partial charge in [-0.15, -0.1) is 0 Å². The molecule has 0 amide bonds. The highest BCUT2D eigenvalue weighted by Crippen LogP contribution is 2.20. The van der Waals surface area contributed by atoms with Gasteiger partial charge in [-0.25, -0.2) is 0 Å². The second-order valence-corrected chi connectivity index (χ2v) is 8.57. The Morgan fingerprint density at radius 2 is 1.88 bits per heavy atom. The summed E-state index contributed by atoms with van der Waals surface area (Å²) in [5.41, 5.74) is 4.81. The van der Waals surface area contributed by atoms with Crippen molar-refractivity contribution in [2.75, 3.05) is 0 Å². The monoisotopic (exact) mass is 445 g/mol. The highest BCUT2D eigenvalue weighted by atomic mass is 32.1. The van der Waals surface area contributed by atoms with Crippen LogP contribution in [0.15, 0.2) is 76.1 Å². The van der Waals surface area contributed by atoms with E-state index in [0.717, 1.165) is 33.4 Å². The molecule has 5 nitrogen and oxygen atoms in total. The molecule has 2 aromatic carbocycles. The van der Waals surface area contributed by atoms with E-state index in [0.29, 0.717) is 23.8 Å². The van der Waals surface area contributed by atoms with Gasteiger partial charge in [-0.05, 0) is 73.9 Å². The van der Waals surface area contributed by atoms with Crippen LogP contribution in [0.4, 0.5) is 0 Å². The largest absolute Gasteiger partial charge is 0.467 e. The molecular formula is C26H27N3O2S. The summed E-state index contributed by atoms with van der Waals surface area (Å²) in [4.78, 5) is 17.9. The molecule has 0 aliphatic heterocycles. The predicted molar refractivity (Wildman–Crippen MR) is 133 cm³/mol. The van der Waals surface area contributed by atoms with Crippen LogP contribution >= 0.6 is 12.2 Å². The summed E-state index contributed by atoms with van der Waals surface area (Å²) in [5.74, 6) is 0.783. The molecule has 0 saturated heterocycles. The number of fused-ring (bicyclic) bond motifs is 1. The number of furan rings is 1. The summed E-state index contributed by atoms with van der Waals surface area (Å²) in [7, 11) is 0. The normalized spacial score (nSPS) is 12.0. The number of pyridine rings is 1. The molecule has 4 rings (SSSR count). The van der Waals surface area contributed by atoms with Gasteiger partial charge in [0.25, 0.3) is 5.56 Å². The van der Waals surface area contributed by atoms with Crippen molar-refractivity contribution in [3.63, 3.8) is 0 Å². The SMILES string of the molecule is Cc1cc(C)c2cc(CN(Cc3ccco3)C(=S)NC(C)c3ccccc3)c(=O)[nH]c2c1. The number of nitrogens with one attached hydrogen (secondary N) is 2. The Hall–Kier alpha value is -3.38.